The molecule has 1 atom stereocenters. The Labute approximate surface area is 85.8 Å². The summed E-state index contributed by atoms with van der Waals surface area (Å²) in [6, 6.07) is 0. The van der Waals surface area contributed by atoms with E-state index in [4.69, 9.17) is 4.74 Å². The monoisotopic (exact) mass is 200 g/mol. The molecule has 1 fully saturated rings. The van der Waals surface area contributed by atoms with Crippen LogP contribution in [0.2, 0.25) is 0 Å². The van der Waals surface area contributed by atoms with Crippen LogP contribution in [0.25, 0.3) is 0 Å². The molecule has 1 rings (SSSR count). The second-order valence-electron chi connectivity index (χ2n) is 4.00. The molecule has 0 aromatic heterocycles. The Morgan fingerprint density at radius 2 is 2.00 bits per heavy atom. The molecule has 1 saturated carbocycles. The fourth-order valence-corrected chi connectivity index (χ4v) is 1.87. The summed E-state index contributed by atoms with van der Waals surface area (Å²) in [6.07, 6.45) is 6.04. The van der Waals surface area contributed by atoms with Crippen LogP contribution < -0.4 is 0 Å². The highest BCUT2D eigenvalue weighted by Gasteiger charge is 2.18. The van der Waals surface area contributed by atoms with E-state index in [1.54, 1.807) is 6.92 Å². The van der Waals surface area contributed by atoms with E-state index in [1.165, 1.54) is 39.2 Å². The molecule has 0 bridgehead atoms. The zero-order chi connectivity index (χ0) is 10.4. The Morgan fingerprint density at radius 1 is 1.36 bits per heavy atom. The molecule has 0 spiro atoms. The standard InChI is InChI=1S/C11H20O3/c1-9(11(12)13-2)14-8-10-6-4-3-5-7-10/h9-10H,3-8H2,1-2H3. The molecule has 0 aromatic carbocycles. The maximum absolute atomic E-state index is 11.0. The Hall–Kier alpha value is -0.570. The largest absolute Gasteiger partial charge is 0.467 e. The number of hydrogen-bond donors (Lipinski definition) is 0. The van der Waals surface area contributed by atoms with Crippen LogP contribution in [0.5, 0.6) is 0 Å². The maximum atomic E-state index is 11.0. The van der Waals surface area contributed by atoms with E-state index < -0.39 is 6.10 Å². The summed E-state index contributed by atoms with van der Waals surface area (Å²) >= 11 is 0. The van der Waals surface area contributed by atoms with E-state index in [0.29, 0.717) is 12.5 Å². The molecule has 82 valence electrons. The molecule has 1 unspecified atom stereocenters. The van der Waals surface area contributed by atoms with Gasteiger partial charge in [0.15, 0.2) is 6.10 Å². The first kappa shape index (κ1) is 11.5. The molecule has 0 amide bonds. The molecule has 0 radical (unpaired) electrons. The lowest BCUT2D eigenvalue weighted by Crippen LogP contribution is -2.25. The van der Waals surface area contributed by atoms with Crippen LogP contribution in [0, 0.1) is 5.92 Å². The first-order chi connectivity index (χ1) is 6.74. The lowest BCUT2D eigenvalue weighted by atomic mass is 9.90. The van der Waals surface area contributed by atoms with Gasteiger partial charge in [-0.2, -0.15) is 0 Å². The summed E-state index contributed by atoms with van der Waals surface area (Å²) in [6.45, 7) is 2.45. The van der Waals surface area contributed by atoms with Crippen molar-refractivity contribution in [2.75, 3.05) is 13.7 Å². The summed E-state index contributed by atoms with van der Waals surface area (Å²) in [5.41, 5.74) is 0. The molecule has 0 saturated heterocycles. The highest BCUT2D eigenvalue weighted by Crippen LogP contribution is 2.23. The number of rotatable bonds is 4. The first-order valence-electron chi connectivity index (χ1n) is 5.43. The Morgan fingerprint density at radius 3 is 2.57 bits per heavy atom. The lowest BCUT2D eigenvalue weighted by Gasteiger charge is -2.22. The first-order valence-corrected chi connectivity index (χ1v) is 5.43. The minimum Gasteiger partial charge on any atom is -0.467 e. The molecular weight excluding hydrogens is 180 g/mol. The number of ether oxygens (including phenoxy) is 2. The molecule has 3 heteroatoms. The summed E-state index contributed by atoms with van der Waals surface area (Å²) in [5, 5.41) is 0. The Kier molecular flexibility index (Phi) is 4.94. The van der Waals surface area contributed by atoms with E-state index in [2.05, 4.69) is 4.74 Å². The van der Waals surface area contributed by atoms with Crippen molar-refractivity contribution in [1.82, 2.24) is 0 Å². The third-order valence-corrected chi connectivity index (χ3v) is 2.84. The fraction of sp³-hybridized carbons (Fsp3) is 0.909. The fourth-order valence-electron chi connectivity index (χ4n) is 1.87. The van der Waals surface area contributed by atoms with E-state index in [9.17, 15) is 4.79 Å². The zero-order valence-corrected chi connectivity index (χ0v) is 9.12. The molecule has 0 aliphatic heterocycles. The average Bonchev–Trinajstić information content (AvgIpc) is 2.26. The van der Waals surface area contributed by atoms with Gasteiger partial charge in [-0.05, 0) is 25.7 Å². The van der Waals surface area contributed by atoms with E-state index in [1.807, 2.05) is 0 Å². The number of carbonyl (C=O) groups is 1. The van der Waals surface area contributed by atoms with E-state index in [0.717, 1.165) is 0 Å². The normalized spacial score (nSPS) is 20.4. The van der Waals surface area contributed by atoms with Crippen molar-refractivity contribution < 1.29 is 14.3 Å². The predicted molar refractivity (Wildman–Crippen MR) is 54.0 cm³/mol. The van der Waals surface area contributed by atoms with Gasteiger partial charge in [-0.25, -0.2) is 4.79 Å². The number of carbonyl (C=O) groups excluding carboxylic acids is 1. The van der Waals surface area contributed by atoms with Gasteiger partial charge in [0.25, 0.3) is 0 Å². The second kappa shape index (κ2) is 6.02. The minimum atomic E-state index is -0.415. The number of hydrogen-bond acceptors (Lipinski definition) is 3. The summed E-state index contributed by atoms with van der Waals surface area (Å²) in [4.78, 5) is 11.0. The SMILES string of the molecule is COC(=O)C(C)OCC1CCCCC1. The Balaban J connectivity index is 2.15. The average molecular weight is 200 g/mol. The summed E-state index contributed by atoms with van der Waals surface area (Å²) in [5.74, 6) is 0.372. The minimum absolute atomic E-state index is 0.277. The van der Waals surface area contributed by atoms with E-state index >= 15 is 0 Å². The molecule has 14 heavy (non-hydrogen) atoms. The van der Waals surface area contributed by atoms with Crippen LogP contribution in [0.15, 0.2) is 0 Å². The van der Waals surface area contributed by atoms with Crippen molar-refractivity contribution in [3.63, 3.8) is 0 Å². The van der Waals surface area contributed by atoms with Crippen LogP contribution in [0.4, 0.5) is 0 Å². The van der Waals surface area contributed by atoms with Crippen molar-refractivity contribution in [3.05, 3.63) is 0 Å². The topological polar surface area (TPSA) is 35.5 Å². The number of esters is 1. The molecule has 0 aromatic rings. The van der Waals surface area contributed by atoms with Gasteiger partial charge in [0.2, 0.25) is 0 Å². The lowest BCUT2D eigenvalue weighted by molar-refractivity contribution is -0.153. The quantitative estimate of drug-likeness (QED) is 0.652. The van der Waals surface area contributed by atoms with Crippen molar-refractivity contribution in [2.24, 2.45) is 5.92 Å². The van der Waals surface area contributed by atoms with Crippen LogP contribution in [-0.4, -0.2) is 25.8 Å². The molecule has 1 aliphatic rings. The van der Waals surface area contributed by atoms with Crippen molar-refractivity contribution in [1.29, 1.82) is 0 Å². The van der Waals surface area contributed by atoms with Crippen LogP contribution >= 0.6 is 0 Å². The van der Waals surface area contributed by atoms with Crippen molar-refractivity contribution >= 4 is 5.97 Å². The van der Waals surface area contributed by atoms with Crippen molar-refractivity contribution in [2.45, 2.75) is 45.1 Å². The van der Waals surface area contributed by atoms with Crippen molar-refractivity contribution in [3.8, 4) is 0 Å². The van der Waals surface area contributed by atoms with Crippen LogP contribution in [-0.2, 0) is 14.3 Å². The molecule has 3 nitrogen and oxygen atoms in total. The molecule has 0 heterocycles. The van der Waals surface area contributed by atoms with Gasteiger partial charge < -0.3 is 9.47 Å². The van der Waals surface area contributed by atoms with Gasteiger partial charge in [-0.1, -0.05) is 19.3 Å². The van der Waals surface area contributed by atoms with E-state index in [-0.39, 0.29) is 5.97 Å². The smallest absolute Gasteiger partial charge is 0.334 e. The van der Waals surface area contributed by atoms with Gasteiger partial charge in [0.1, 0.15) is 0 Å². The van der Waals surface area contributed by atoms with Gasteiger partial charge in [0, 0.05) is 0 Å². The maximum Gasteiger partial charge on any atom is 0.334 e. The highest BCUT2D eigenvalue weighted by atomic mass is 16.6. The highest BCUT2D eigenvalue weighted by molar-refractivity contribution is 5.73. The summed E-state index contributed by atoms with van der Waals surface area (Å²) in [7, 11) is 1.39. The predicted octanol–water partition coefficient (Wildman–Crippen LogP) is 2.14. The third kappa shape index (κ3) is 3.66. The van der Waals surface area contributed by atoms with Crippen LogP contribution in [0.1, 0.15) is 39.0 Å². The Bertz CT molecular complexity index is 173. The number of methoxy groups -OCH3 is 1. The van der Waals surface area contributed by atoms with Gasteiger partial charge in [-0.15, -0.1) is 0 Å². The molecule has 0 N–H and O–H groups in total. The molecular formula is C11H20O3. The second-order valence-corrected chi connectivity index (χ2v) is 4.00. The zero-order valence-electron chi connectivity index (χ0n) is 9.12. The van der Waals surface area contributed by atoms with Crippen LogP contribution in [0.3, 0.4) is 0 Å². The molecule has 1 aliphatic carbocycles. The van der Waals surface area contributed by atoms with Gasteiger partial charge in [-0.3, -0.25) is 0 Å². The van der Waals surface area contributed by atoms with Gasteiger partial charge >= 0.3 is 5.97 Å². The van der Waals surface area contributed by atoms with Gasteiger partial charge in [0.05, 0.1) is 13.7 Å². The third-order valence-electron chi connectivity index (χ3n) is 2.84. The summed E-state index contributed by atoms with van der Waals surface area (Å²) < 4.78 is 10.0.